The van der Waals surface area contributed by atoms with Gasteiger partial charge in [0.15, 0.2) is 0 Å². The van der Waals surface area contributed by atoms with Crippen molar-refractivity contribution in [2.24, 2.45) is 5.10 Å². The zero-order chi connectivity index (χ0) is 19.2. The summed E-state index contributed by atoms with van der Waals surface area (Å²) in [7, 11) is 0. The number of nitro groups is 2. The van der Waals surface area contributed by atoms with Crippen LogP contribution in [-0.4, -0.2) is 16.1 Å². The van der Waals surface area contributed by atoms with Crippen LogP contribution < -0.4 is 5.43 Å². The Balaban J connectivity index is 2.26. The molecule has 0 saturated heterocycles. The van der Waals surface area contributed by atoms with E-state index in [0.717, 1.165) is 25.3 Å². The average Bonchev–Trinajstić information content (AvgIpc) is 2.62. The van der Waals surface area contributed by atoms with Crippen molar-refractivity contribution in [2.75, 3.05) is 5.43 Å². The fourth-order valence-corrected chi connectivity index (χ4v) is 2.61. The number of hydrazone groups is 1. The molecule has 0 saturated carbocycles. The Bertz CT molecular complexity index is 605. The smallest absolute Gasteiger partial charge is 0.272 e. The van der Waals surface area contributed by atoms with Crippen LogP contribution in [0.4, 0.5) is 17.1 Å². The summed E-state index contributed by atoms with van der Waals surface area (Å²) in [6.07, 6.45) is 13.7. The molecule has 8 heteroatoms. The first kappa shape index (κ1) is 21.5. The Morgan fingerprint density at radius 3 is 2.15 bits per heavy atom. The second-order valence-corrected chi connectivity index (χ2v) is 6.26. The molecule has 1 aromatic carbocycles. The first-order valence-electron chi connectivity index (χ1n) is 9.26. The minimum absolute atomic E-state index is 0.143. The van der Waals surface area contributed by atoms with Gasteiger partial charge in [-0.15, -0.1) is 0 Å². The molecular formula is C18H28N4O4. The molecule has 0 radical (unpaired) electrons. The molecule has 8 nitrogen and oxygen atoms in total. The molecule has 1 aromatic rings. The largest absolute Gasteiger partial charge is 0.301 e. The lowest BCUT2D eigenvalue weighted by molar-refractivity contribution is -0.393. The summed E-state index contributed by atoms with van der Waals surface area (Å²) in [4.78, 5) is 20.4. The second kappa shape index (κ2) is 12.8. The summed E-state index contributed by atoms with van der Waals surface area (Å²) in [6.45, 7) is 2.22. The lowest BCUT2D eigenvalue weighted by Crippen LogP contribution is -1.98. The van der Waals surface area contributed by atoms with E-state index in [-0.39, 0.29) is 17.1 Å². The van der Waals surface area contributed by atoms with Gasteiger partial charge in [-0.2, -0.15) is 5.10 Å². The van der Waals surface area contributed by atoms with Gasteiger partial charge < -0.3 is 0 Å². The zero-order valence-corrected chi connectivity index (χ0v) is 15.4. The van der Waals surface area contributed by atoms with E-state index >= 15 is 0 Å². The predicted octanol–water partition coefficient (Wildman–Crippen LogP) is 5.82. The van der Waals surface area contributed by atoms with Crippen molar-refractivity contribution in [1.82, 2.24) is 0 Å². The maximum Gasteiger partial charge on any atom is 0.301 e. The third kappa shape index (κ3) is 8.55. The van der Waals surface area contributed by atoms with Gasteiger partial charge in [0.05, 0.1) is 15.9 Å². The molecule has 0 aliphatic heterocycles. The number of unbranched alkanes of at least 4 members (excludes halogenated alkanes) is 9. The Kier molecular flexibility index (Phi) is 10.6. The molecule has 144 valence electrons. The summed E-state index contributed by atoms with van der Waals surface area (Å²) in [5, 5.41) is 25.7. The molecule has 0 spiro atoms. The number of anilines is 1. The van der Waals surface area contributed by atoms with Crippen LogP contribution in [0.25, 0.3) is 0 Å². The van der Waals surface area contributed by atoms with Gasteiger partial charge in [-0.1, -0.05) is 58.3 Å². The van der Waals surface area contributed by atoms with Gasteiger partial charge in [0.1, 0.15) is 5.69 Å². The highest BCUT2D eigenvalue weighted by atomic mass is 16.6. The third-order valence-corrected chi connectivity index (χ3v) is 4.10. The number of nitrogens with one attached hydrogen (secondary N) is 1. The number of nitro benzene ring substituents is 2. The normalized spacial score (nSPS) is 11.0. The standard InChI is InChI=1S/C18H28N4O4/c1-2-3-4-5-6-7-8-9-10-11-14-19-20-17-13-12-16(21(23)24)15-18(17)22(25)26/h12-15,20H,2-11H2,1H3. The Morgan fingerprint density at radius 1 is 0.962 bits per heavy atom. The van der Waals surface area contributed by atoms with Gasteiger partial charge in [0, 0.05) is 12.3 Å². The van der Waals surface area contributed by atoms with Crippen LogP contribution in [0.2, 0.25) is 0 Å². The van der Waals surface area contributed by atoms with E-state index in [1.165, 1.54) is 57.1 Å². The van der Waals surface area contributed by atoms with Crippen LogP contribution in [0.1, 0.15) is 71.1 Å². The quantitative estimate of drug-likeness (QED) is 0.193. The van der Waals surface area contributed by atoms with E-state index in [1.807, 2.05) is 0 Å². The summed E-state index contributed by atoms with van der Waals surface area (Å²) >= 11 is 0. The SMILES string of the molecule is CCCCCCCCCCCC=NNc1ccc([N+](=O)[O-])cc1[N+](=O)[O-]. The van der Waals surface area contributed by atoms with Crippen LogP contribution in [0.15, 0.2) is 23.3 Å². The summed E-state index contributed by atoms with van der Waals surface area (Å²) in [5.41, 5.74) is 2.06. The van der Waals surface area contributed by atoms with Gasteiger partial charge in [-0.25, -0.2) is 0 Å². The second-order valence-electron chi connectivity index (χ2n) is 6.26. The van der Waals surface area contributed by atoms with Gasteiger partial charge in [0.25, 0.3) is 5.69 Å². The zero-order valence-electron chi connectivity index (χ0n) is 15.4. The van der Waals surface area contributed by atoms with Crippen molar-refractivity contribution in [1.29, 1.82) is 0 Å². The van der Waals surface area contributed by atoms with Crippen LogP contribution in [0.5, 0.6) is 0 Å². The molecule has 0 heterocycles. The summed E-state index contributed by atoms with van der Waals surface area (Å²) in [5.74, 6) is 0. The highest BCUT2D eigenvalue weighted by Gasteiger charge is 2.18. The van der Waals surface area contributed by atoms with Crippen molar-refractivity contribution in [3.63, 3.8) is 0 Å². The monoisotopic (exact) mass is 364 g/mol. The Morgan fingerprint density at radius 2 is 1.58 bits per heavy atom. The summed E-state index contributed by atoms with van der Waals surface area (Å²) < 4.78 is 0. The van der Waals surface area contributed by atoms with Crippen molar-refractivity contribution >= 4 is 23.3 Å². The fourth-order valence-electron chi connectivity index (χ4n) is 2.61. The predicted molar refractivity (Wildman–Crippen MR) is 104 cm³/mol. The molecule has 0 aliphatic rings. The number of benzene rings is 1. The molecule has 1 N–H and O–H groups in total. The molecule has 26 heavy (non-hydrogen) atoms. The third-order valence-electron chi connectivity index (χ3n) is 4.10. The first-order valence-corrected chi connectivity index (χ1v) is 9.26. The van der Waals surface area contributed by atoms with E-state index in [9.17, 15) is 20.2 Å². The Hall–Kier alpha value is -2.51. The Labute approximate surface area is 154 Å². The van der Waals surface area contributed by atoms with Crippen LogP contribution in [-0.2, 0) is 0 Å². The van der Waals surface area contributed by atoms with Crippen molar-refractivity contribution < 1.29 is 9.85 Å². The van der Waals surface area contributed by atoms with Crippen LogP contribution >= 0.6 is 0 Å². The minimum atomic E-state index is -0.663. The highest BCUT2D eigenvalue weighted by Crippen LogP contribution is 2.28. The molecule has 0 unspecified atom stereocenters. The van der Waals surface area contributed by atoms with Gasteiger partial charge in [0.2, 0.25) is 0 Å². The van der Waals surface area contributed by atoms with Crippen molar-refractivity contribution in [3.8, 4) is 0 Å². The minimum Gasteiger partial charge on any atom is -0.272 e. The van der Waals surface area contributed by atoms with Gasteiger partial charge in [-0.05, 0) is 18.9 Å². The molecule has 0 aliphatic carbocycles. The van der Waals surface area contributed by atoms with E-state index in [4.69, 9.17) is 0 Å². The average molecular weight is 364 g/mol. The van der Waals surface area contributed by atoms with Gasteiger partial charge in [-0.3, -0.25) is 25.7 Å². The molecule has 0 aromatic heterocycles. The summed E-state index contributed by atoms with van der Waals surface area (Å²) in [6, 6.07) is 3.44. The van der Waals surface area contributed by atoms with Gasteiger partial charge >= 0.3 is 5.69 Å². The first-order chi connectivity index (χ1) is 12.6. The molecular weight excluding hydrogens is 336 g/mol. The van der Waals surface area contributed by atoms with E-state index < -0.39 is 9.85 Å². The maximum absolute atomic E-state index is 11.0. The lowest BCUT2D eigenvalue weighted by Gasteiger charge is -2.02. The molecule has 0 fully saturated rings. The number of hydrogen-bond acceptors (Lipinski definition) is 6. The maximum atomic E-state index is 11.0. The van der Waals surface area contributed by atoms with E-state index in [0.29, 0.717) is 0 Å². The number of nitrogens with zero attached hydrogens (tertiary/aromatic N) is 3. The van der Waals surface area contributed by atoms with E-state index in [1.54, 1.807) is 6.21 Å². The number of non-ortho nitro benzene ring substituents is 1. The van der Waals surface area contributed by atoms with Crippen LogP contribution in [0, 0.1) is 20.2 Å². The molecule has 0 atom stereocenters. The fraction of sp³-hybridized carbons (Fsp3) is 0.611. The number of rotatable bonds is 14. The van der Waals surface area contributed by atoms with Crippen molar-refractivity contribution in [3.05, 3.63) is 38.4 Å². The van der Waals surface area contributed by atoms with Crippen LogP contribution in [0.3, 0.4) is 0 Å². The van der Waals surface area contributed by atoms with Crippen molar-refractivity contribution in [2.45, 2.75) is 71.1 Å². The number of hydrogen-bond donors (Lipinski definition) is 1. The molecule has 1 rings (SSSR count). The molecule has 0 bridgehead atoms. The lowest BCUT2D eigenvalue weighted by atomic mass is 10.1. The van der Waals surface area contributed by atoms with E-state index in [2.05, 4.69) is 17.5 Å². The topological polar surface area (TPSA) is 111 Å². The highest BCUT2D eigenvalue weighted by molar-refractivity contribution is 5.67. The molecule has 0 amide bonds.